The summed E-state index contributed by atoms with van der Waals surface area (Å²) in [6.45, 7) is 16.0. The number of carbonyl (C=O) groups excluding carboxylic acids is 3. The summed E-state index contributed by atoms with van der Waals surface area (Å²) in [5.74, 6) is -0.466. The van der Waals surface area contributed by atoms with Gasteiger partial charge in [0, 0.05) is 67.6 Å². The van der Waals surface area contributed by atoms with E-state index in [0.29, 0.717) is 31.4 Å². The second-order valence-electron chi connectivity index (χ2n) is 20.2. The summed E-state index contributed by atoms with van der Waals surface area (Å²) in [7, 11) is 6.02. The summed E-state index contributed by atoms with van der Waals surface area (Å²) in [6, 6.07) is 12.3. The lowest BCUT2D eigenvalue weighted by Crippen LogP contribution is -2.61. The van der Waals surface area contributed by atoms with Crippen LogP contribution in [0.4, 0.5) is 5.69 Å². The van der Waals surface area contributed by atoms with Crippen molar-refractivity contribution in [2.45, 2.75) is 117 Å². The molecular weight excluding hydrogens is 805 g/mol. The first-order valence-electron chi connectivity index (χ1n) is 23.7. The number of ether oxygens (including phenoxy) is 1. The number of amides is 2. The van der Waals surface area contributed by atoms with E-state index in [-0.39, 0.29) is 48.5 Å². The molecule has 3 atom stereocenters. The summed E-state index contributed by atoms with van der Waals surface area (Å²) in [6.07, 6.45) is 8.02. The molecule has 2 aromatic heterocycles. The zero-order chi connectivity index (χ0) is 45.4. The molecule has 5 heterocycles. The maximum absolute atomic E-state index is 14.6. The van der Waals surface area contributed by atoms with E-state index < -0.39 is 23.5 Å². The lowest BCUT2D eigenvalue weighted by atomic mass is 9.83. The first-order valence-corrected chi connectivity index (χ1v) is 23.7. The predicted molar refractivity (Wildman–Crippen MR) is 253 cm³/mol. The molecule has 8 rings (SSSR count). The molecular formula is C51H70N8O5. The van der Waals surface area contributed by atoms with Gasteiger partial charge in [-0.05, 0) is 125 Å². The lowest BCUT2D eigenvalue weighted by molar-refractivity contribution is -0.155. The normalized spacial score (nSPS) is 22.0. The number of rotatable bonds is 8. The van der Waals surface area contributed by atoms with Crippen LogP contribution >= 0.6 is 0 Å². The molecule has 0 unspecified atom stereocenters. The van der Waals surface area contributed by atoms with Crippen molar-refractivity contribution in [3.05, 3.63) is 65.5 Å². The molecule has 13 heteroatoms. The van der Waals surface area contributed by atoms with E-state index in [0.717, 1.165) is 109 Å². The van der Waals surface area contributed by atoms with Gasteiger partial charge in [-0.25, -0.2) is 5.43 Å². The molecule has 6 bridgehead atoms. The van der Waals surface area contributed by atoms with Crippen LogP contribution in [0.2, 0.25) is 0 Å². The van der Waals surface area contributed by atoms with E-state index in [2.05, 4.69) is 91.0 Å². The number of fused-ring (bicyclic) bond motifs is 6. The fourth-order valence-electron chi connectivity index (χ4n) is 10.8. The van der Waals surface area contributed by atoms with Crippen molar-refractivity contribution in [2.75, 3.05) is 65.4 Å². The number of nitrogens with zero attached hydrogens (tertiary/aromatic N) is 6. The van der Waals surface area contributed by atoms with Gasteiger partial charge in [-0.3, -0.25) is 29.3 Å². The largest absolute Gasteiger partial charge is 0.508 e. The number of hydrogen-bond acceptors (Lipinski definition) is 10. The van der Waals surface area contributed by atoms with E-state index in [1.807, 2.05) is 31.3 Å². The van der Waals surface area contributed by atoms with Crippen LogP contribution in [0.5, 0.6) is 5.75 Å². The third kappa shape index (κ3) is 9.53. The second kappa shape index (κ2) is 18.9. The number of piperazine rings is 1. The Hall–Kier alpha value is -4.98. The minimum atomic E-state index is -0.952. The van der Waals surface area contributed by atoms with Crippen LogP contribution in [0.15, 0.2) is 48.7 Å². The number of aromatic nitrogens is 2. The summed E-state index contributed by atoms with van der Waals surface area (Å²) < 4.78 is 8.62. The summed E-state index contributed by atoms with van der Waals surface area (Å²) in [4.78, 5) is 54.8. The van der Waals surface area contributed by atoms with Crippen LogP contribution in [-0.2, 0) is 38.5 Å². The molecule has 2 saturated heterocycles. The first-order chi connectivity index (χ1) is 30.6. The van der Waals surface area contributed by atoms with Crippen LogP contribution < -0.4 is 15.6 Å². The molecule has 13 nitrogen and oxygen atoms in total. The fraction of sp³-hybridized carbons (Fsp3) is 0.569. The van der Waals surface area contributed by atoms with E-state index >= 15 is 0 Å². The number of anilines is 1. The minimum absolute atomic E-state index is 0.0807. The van der Waals surface area contributed by atoms with Crippen molar-refractivity contribution in [3.8, 4) is 28.1 Å². The molecule has 2 aromatic carbocycles. The van der Waals surface area contributed by atoms with Crippen molar-refractivity contribution in [2.24, 2.45) is 11.3 Å². The number of nitrogens with one attached hydrogen (secondary N) is 2. The van der Waals surface area contributed by atoms with Crippen LogP contribution in [0.1, 0.15) is 95.9 Å². The third-order valence-electron chi connectivity index (χ3n) is 14.1. The van der Waals surface area contributed by atoms with Crippen molar-refractivity contribution in [1.82, 2.24) is 35.1 Å². The molecule has 1 saturated carbocycles. The van der Waals surface area contributed by atoms with Crippen molar-refractivity contribution in [3.63, 3.8) is 0 Å². The number of hydrazine groups is 1. The molecule has 2 amide bonds. The maximum Gasteiger partial charge on any atom is 0.324 e. The first kappa shape index (κ1) is 45.6. The van der Waals surface area contributed by atoms with Gasteiger partial charge in [-0.2, -0.15) is 0 Å². The Morgan fingerprint density at radius 1 is 0.984 bits per heavy atom. The van der Waals surface area contributed by atoms with Crippen LogP contribution in [0.3, 0.4) is 0 Å². The molecule has 3 aliphatic heterocycles. The van der Waals surface area contributed by atoms with Gasteiger partial charge in [-0.15, -0.1) is 0 Å². The van der Waals surface area contributed by atoms with Crippen LogP contribution in [0, 0.1) is 11.3 Å². The average molecular weight is 875 g/mol. The van der Waals surface area contributed by atoms with E-state index in [1.54, 1.807) is 12.1 Å². The molecule has 4 aromatic rings. The smallest absolute Gasteiger partial charge is 0.324 e. The second-order valence-corrected chi connectivity index (χ2v) is 20.2. The Kier molecular flexibility index (Phi) is 13.4. The standard InChI is InChI=1S/C51H70N8O5/c1-9-58-44-17-16-35-27-39(44)41(47(58)40-28-37(30-52-45(40)32(2)3)57-21-19-56(8)20-22-57)29-51(4,5)31-64-50(63)42-15-12-18-59(54-42)49(62)43(25-33-23-36(35)26-38(60)24-33)53-48(61)46(55(6)7)34-13-10-11-14-34/h16-17,23-24,26-28,30,32,34,42-43,46,54,60H,9-15,18-22,25,29,31H2,1-8H3,(H,53,61)/t42-,43-,46-/m0/s1. The zero-order valence-corrected chi connectivity index (χ0v) is 39.4. The number of phenolic OH excluding ortho intramolecular Hbond substituents is 1. The number of aromatic hydroxyl groups is 1. The van der Waals surface area contributed by atoms with Crippen LogP contribution in [0.25, 0.3) is 33.3 Å². The number of esters is 1. The fourth-order valence-corrected chi connectivity index (χ4v) is 10.8. The minimum Gasteiger partial charge on any atom is -0.508 e. The van der Waals surface area contributed by atoms with Crippen molar-refractivity contribution < 1.29 is 24.2 Å². The highest BCUT2D eigenvalue weighted by Gasteiger charge is 2.38. The number of phenols is 1. The van der Waals surface area contributed by atoms with Gasteiger partial charge < -0.3 is 29.5 Å². The molecule has 3 fully saturated rings. The van der Waals surface area contributed by atoms with Gasteiger partial charge in [0.05, 0.1) is 35.9 Å². The Morgan fingerprint density at radius 2 is 1.73 bits per heavy atom. The number of hydrogen-bond donors (Lipinski definition) is 3. The molecule has 344 valence electrons. The number of likely N-dealkylation sites (N-methyl/N-ethyl adjacent to an activating group) is 2. The molecule has 4 aliphatic rings. The Balaban J connectivity index is 1.27. The van der Waals surface area contributed by atoms with Gasteiger partial charge in [0.1, 0.15) is 17.8 Å². The summed E-state index contributed by atoms with van der Waals surface area (Å²) in [5.41, 5.74) is 11.8. The molecule has 3 N–H and O–H groups in total. The van der Waals surface area contributed by atoms with Gasteiger partial charge in [0.15, 0.2) is 0 Å². The maximum atomic E-state index is 14.6. The number of carbonyl (C=O) groups is 3. The Bertz CT molecular complexity index is 2360. The lowest BCUT2D eigenvalue weighted by Gasteiger charge is -2.36. The van der Waals surface area contributed by atoms with Gasteiger partial charge >= 0.3 is 5.97 Å². The number of pyridine rings is 1. The monoisotopic (exact) mass is 875 g/mol. The van der Waals surface area contributed by atoms with Gasteiger partial charge in [0.2, 0.25) is 5.91 Å². The van der Waals surface area contributed by atoms with E-state index in [4.69, 9.17) is 9.72 Å². The summed E-state index contributed by atoms with van der Waals surface area (Å²) in [5, 5.41) is 17.1. The topological polar surface area (TPSA) is 136 Å². The van der Waals surface area contributed by atoms with E-state index in [1.165, 1.54) is 5.01 Å². The third-order valence-corrected chi connectivity index (χ3v) is 14.1. The highest BCUT2D eigenvalue weighted by Crippen LogP contribution is 2.43. The van der Waals surface area contributed by atoms with E-state index in [9.17, 15) is 19.5 Å². The van der Waals surface area contributed by atoms with Gasteiger partial charge in [0.25, 0.3) is 5.91 Å². The van der Waals surface area contributed by atoms with Crippen LogP contribution in [-0.4, -0.2) is 126 Å². The Labute approximate surface area is 379 Å². The quantitative estimate of drug-likeness (QED) is 0.164. The van der Waals surface area contributed by atoms with Crippen molar-refractivity contribution in [1.29, 1.82) is 0 Å². The Morgan fingerprint density at radius 3 is 2.44 bits per heavy atom. The zero-order valence-electron chi connectivity index (χ0n) is 39.4. The molecule has 1 aliphatic carbocycles. The average Bonchev–Trinajstić information content (AvgIpc) is 3.90. The number of cyclic esters (lactones) is 1. The molecule has 0 radical (unpaired) electrons. The SMILES string of the molecule is CCn1c(-c2cc(N3CCN(C)CC3)cnc2C(C)C)c2c3cc(ccc31)-c1cc(O)cc(c1)C[C@H](NC(=O)[C@H](C1CCCC1)N(C)C)C(=O)N1CCC[C@H](N1)C(=O)OCC(C)(C)C2. The highest BCUT2D eigenvalue weighted by atomic mass is 16.5. The van der Waals surface area contributed by atoms with Gasteiger partial charge in [-0.1, -0.05) is 52.7 Å². The predicted octanol–water partition coefficient (Wildman–Crippen LogP) is 6.74. The molecule has 64 heavy (non-hydrogen) atoms. The number of benzene rings is 2. The highest BCUT2D eigenvalue weighted by molar-refractivity contribution is 5.96. The molecule has 0 spiro atoms. The number of aryl methyl sites for hydroxylation is 1. The summed E-state index contributed by atoms with van der Waals surface area (Å²) >= 11 is 0. The van der Waals surface area contributed by atoms with Crippen molar-refractivity contribution >= 4 is 34.4 Å².